The summed E-state index contributed by atoms with van der Waals surface area (Å²) in [6, 6.07) is 0. The van der Waals surface area contributed by atoms with Crippen LogP contribution in [0.15, 0.2) is 0 Å². The van der Waals surface area contributed by atoms with Gasteiger partial charge in [-0.05, 0) is 0 Å². The Morgan fingerprint density at radius 2 is 0.737 bits per heavy atom. The maximum absolute atomic E-state index is 3.88. The van der Waals surface area contributed by atoms with E-state index in [1.54, 1.807) is 0 Å². The molecule has 0 rings (SSSR count). The molecule has 0 aliphatic carbocycles. The highest BCUT2D eigenvalue weighted by Gasteiger charge is 1.93. The van der Waals surface area contributed by atoms with Gasteiger partial charge in [0.1, 0.15) is 0 Å². The van der Waals surface area contributed by atoms with Crippen LogP contribution in [-0.2, 0) is 0 Å². The Morgan fingerprint density at radius 3 is 1.00 bits per heavy atom. The molecule has 0 aliphatic rings. The molecule has 1 nitrogen and oxygen atoms in total. The molecule has 0 saturated carbocycles. The van der Waals surface area contributed by atoms with Gasteiger partial charge in [-0.3, -0.25) is 0 Å². The molecule has 0 fully saturated rings. The first-order valence-electron chi connectivity index (χ1n) is 8.71. The van der Waals surface area contributed by atoms with Crippen molar-refractivity contribution in [2.75, 3.05) is 0 Å². The summed E-state index contributed by atoms with van der Waals surface area (Å²) in [5.41, 5.74) is 0. The Labute approximate surface area is 123 Å². The molecule has 0 heterocycles. The van der Waals surface area contributed by atoms with Gasteiger partial charge in [-0.25, -0.2) is 0 Å². The van der Waals surface area contributed by atoms with Gasteiger partial charge < -0.3 is 6.15 Å². The number of hydrogen-bond acceptors (Lipinski definition) is 1. The van der Waals surface area contributed by atoms with E-state index in [9.17, 15) is 0 Å². The topological polar surface area (TPSA) is 35.0 Å². The standard InChI is InChI=1S/C18H37.H3N/c1-3-5-7-9-11-13-15-17-18-16-14-12-10-8-6-4-2;/h1,3-18H2,2H3;1H3. The molecule has 0 aromatic heterocycles. The molecule has 117 valence electrons. The molecule has 0 bridgehead atoms. The first-order chi connectivity index (χ1) is 8.91. The summed E-state index contributed by atoms with van der Waals surface area (Å²) < 4.78 is 0. The van der Waals surface area contributed by atoms with E-state index in [2.05, 4.69) is 13.8 Å². The van der Waals surface area contributed by atoms with Crippen molar-refractivity contribution in [2.24, 2.45) is 0 Å². The van der Waals surface area contributed by atoms with Gasteiger partial charge in [0, 0.05) is 0 Å². The quantitative estimate of drug-likeness (QED) is 0.313. The average Bonchev–Trinajstić information content (AvgIpc) is 2.39. The van der Waals surface area contributed by atoms with Crippen LogP contribution in [0.3, 0.4) is 0 Å². The fourth-order valence-corrected chi connectivity index (χ4v) is 2.55. The zero-order valence-corrected chi connectivity index (χ0v) is 13.7. The van der Waals surface area contributed by atoms with Crippen molar-refractivity contribution in [3.63, 3.8) is 0 Å². The molecule has 0 amide bonds. The minimum absolute atomic E-state index is 0. The second-order valence-electron chi connectivity index (χ2n) is 5.80. The lowest BCUT2D eigenvalue weighted by atomic mass is 10.0. The van der Waals surface area contributed by atoms with Gasteiger partial charge in [-0.2, -0.15) is 0 Å². The summed E-state index contributed by atoms with van der Waals surface area (Å²) in [6.45, 7) is 6.18. The molecular weight excluding hydrogens is 230 g/mol. The van der Waals surface area contributed by atoms with E-state index in [0.717, 1.165) is 6.42 Å². The molecule has 1 heteroatoms. The summed E-state index contributed by atoms with van der Waals surface area (Å²) in [4.78, 5) is 0. The van der Waals surface area contributed by atoms with Crippen molar-refractivity contribution in [1.82, 2.24) is 6.15 Å². The molecule has 0 unspecified atom stereocenters. The number of unbranched alkanes of at least 4 members (excludes halogenated alkanes) is 15. The van der Waals surface area contributed by atoms with Gasteiger partial charge in [-0.1, -0.05) is 117 Å². The fraction of sp³-hybridized carbons (Fsp3) is 0.944. The summed E-state index contributed by atoms with van der Waals surface area (Å²) in [5.74, 6) is 0. The normalized spacial score (nSPS) is 10.4. The smallest absolute Gasteiger partial charge is 0.0533 e. The average molecular weight is 271 g/mol. The Bertz CT molecular complexity index is 118. The van der Waals surface area contributed by atoms with E-state index in [-0.39, 0.29) is 6.15 Å². The minimum Gasteiger partial charge on any atom is -0.344 e. The zero-order valence-electron chi connectivity index (χ0n) is 13.7. The molecule has 0 saturated heterocycles. The maximum Gasteiger partial charge on any atom is -0.0533 e. The molecule has 0 aromatic rings. The van der Waals surface area contributed by atoms with E-state index in [1.165, 1.54) is 96.3 Å². The van der Waals surface area contributed by atoms with Crippen molar-refractivity contribution in [3.05, 3.63) is 6.92 Å². The Morgan fingerprint density at radius 1 is 0.474 bits per heavy atom. The first kappa shape index (κ1) is 21.3. The van der Waals surface area contributed by atoms with Crippen LogP contribution >= 0.6 is 0 Å². The van der Waals surface area contributed by atoms with Crippen molar-refractivity contribution < 1.29 is 0 Å². The van der Waals surface area contributed by atoms with Crippen molar-refractivity contribution in [3.8, 4) is 0 Å². The third-order valence-electron chi connectivity index (χ3n) is 3.85. The second kappa shape index (κ2) is 20.3. The number of rotatable bonds is 15. The number of hydrogen-bond donors (Lipinski definition) is 1. The van der Waals surface area contributed by atoms with Crippen molar-refractivity contribution >= 4 is 0 Å². The van der Waals surface area contributed by atoms with Gasteiger partial charge in [0.25, 0.3) is 0 Å². The Balaban J connectivity index is 0. The van der Waals surface area contributed by atoms with Crippen LogP contribution in [0.25, 0.3) is 0 Å². The SMILES string of the molecule is N.[CH2]CCCCCCCCCCCCCCCCC. The van der Waals surface area contributed by atoms with Crippen molar-refractivity contribution in [1.29, 1.82) is 0 Å². The van der Waals surface area contributed by atoms with Crippen LogP contribution < -0.4 is 6.15 Å². The van der Waals surface area contributed by atoms with Crippen LogP contribution in [0, 0.1) is 6.92 Å². The first-order valence-corrected chi connectivity index (χ1v) is 8.71. The predicted molar refractivity (Wildman–Crippen MR) is 89.9 cm³/mol. The predicted octanol–water partition coefficient (Wildman–Crippen LogP) is 7.24. The fourth-order valence-electron chi connectivity index (χ4n) is 2.55. The highest BCUT2D eigenvalue weighted by Crippen LogP contribution is 2.13. The van der Waals surface area contributed by atoms with Crippen LogP contribution in [0.4, 0.5) is 0 Å². The lowest BCUT2D eigenvalue weighted by Crippen LogP contribution is -1.83. The summed E-state index contributed by atoms with van der Waals surface area (Å²) in [5, 5.41) is 0. The highest BCUT2D eigenvalue weighted by molar-refractivity contribution is 4.50. The monoisotopic (exact) mass is 270 g/mol. The molecular formula is C18H40N. The van der Waals surface area contributed by atoms with Gasteiger partial charge in [0.2, 0.25) is 0 Å². The Hall–Kier alpha value is -0.0400. The third-order valence-corrected chi connectivity index (χ3v) is 3.85. The molecule has 19 heavy (non-hydrogen) atoms. The molecule has 0 atom stereocenters. The van der Waals surface area contributed by atoms with Crippen LogP contribution in [-0.4, -0.2) is 0 Å². The van der Waals surface area contributed by atoms with Gasteiger partial charge in [0.15, 0.2) is 0 Å². The van der Waals surface area contributed by atoms with Crippen LogP contribution in [0.2, 0.25) is 0 Å². The van der Waals surface area contributed by atoms with E-state index in [0.29, 0.717) is 0 Å². The minimum atomic E-state index is 0. The van der Waals surface area contributed by atoms with E-state index in [1.807, 2.05) is 0 Å². The molecule has 1 radical (unpaired) electrons. The van der Waals surface area contributed by atoms with Crippen LogP contribution in [0.5, 0.6) is 0 Å². The van der Waals surface area contributed by atoms with Gasteiger partial charge in [0.05, 0.1) is 0 Å². The second-order valence-corrected chi connectivity index (χ2v) is 5.80. The van der Waals surface area contributed by atoms with E-state index in [4.69, 9.17) is 0 Å². The van der Waals surface area contributed by atoms with Gasteiger partial charge >= 0.3 is 0 Å². The molecule has 3 N–H and O–H groups in total. The van der Waals surface area contributed by atoms with E-state index < -0.39 is 0 Å². The van der Waals surface area contributed by atoms with Crippen LogP contribution in [0.1, 0.15) is 110 Å². The summed E-state index contributed by atoms with van der Waals surface area (Å²) in [6.07, 6.45) is 22.8. The lowest BCUT2D eigenvalue weighted by molar-refractivity contribution is 0.533. The van der Waals surface area contributed by atoms with Gasteiger partial charge in [-0.15, -0.1) is 0 Å². The lowest BCUT2D eigenvalue weighted by Gasteiger charge is -2.03. The third kappa shape index (κ3) is 20.4. The molecule has 0 aliphatic heterocycles. The largest absolute Gasteiger partial charge is 0.344 e. The summed E-state index contributed by atoms with van der Waals surface area (Å²) in [7, 11) is 0. The zero-order chi connectivity index (χ0) is 13.3. The van der Waals surface area contributed by atoms with E-state index >= 15 is 0 Å². The summed E-state index contributed by atoms with van der Waals surface area (Å²) >= 11 is 0. The maximum atomic E-state index is 3.88. The molecule has 0 aromatic carbocycles. The Kier molecular flexibility index (Phi) is 22.7. The van der Waals surface area contributed by atoms with Crippen molar-refractivity contribution in [2.45, 2.75) is 110 Å². The molecule has 0 spiro atoms. The highest BCUT2D eigenvalue weighted by atomic mass is 14.0.